The van der Waals surface area contributed by atoms with E-state index in [0.29, 0.717) is 77.3 Å². The van der Waals surface area contributed by atoms with Crippen LogP contribution in [0.15, 0.2) is 24.7 Å². The van der Waals surface area contributed by atoms with Crippen LogP contribution in [-0.4, -0.2) is 71.0 Å². The molecule has 11 heteroatoms. The Morgan fingerprint density at radius 1 is 1.23 bits per heavy atom. The van der Waals surface area contributed by atoms with E-state index in [1.54, 1.807) is 18.0 Å². The average Bonchev–Trinajstić information content (AvgIpc) is 3.35. The first-order valence-corrected chi connectivity index (χ1v) is 11.7. The molecule has 1 saturated heterocycles. The number of nitrogens with one attached hydrogen (secondary N) is 2. The van der Waals surface area contributed by atoms with Gasteiger partial charge in [0.25, 0.3) is 5.91 Å². The molecule has 4 heterocycles. The number of amides is 2. The van der Waals surface area contributed by atoms with Crippen molar-refractivity contribution in [1.29, 1.82) is 0 Å². The van der Waals surface area contributed by atoms with Crippen LogP contribution in [-0.2, 0) is 4.74 Å². The fourth-order valence-corrected chi connectivity index (χ4v) is 4.29. The molecule has 2 aliphatic heterocycles. The molecule has 2 aromatic heterocycles. The predicted molar refractivity (Wildman–Crippen MR) is 124 cm³/mol. The van der Waals surface area contributed by atoms with Gasteiger partial charge >= 0.3 is 6.09 Å². The summed E-state index contributed by atoms with van der Waals surface area (Å²) >= 11 is 0. The van der Waals surface area contributed by atoms with E-state index in [0.717, 1.165) is 0 Å². The molecular formula is C24H25N5O6. The van der Waals surface area contributed by atoms with Crippen molar-refractivity contribution in [2.24, 2.45) is 5.92 Å². The van der Waals surface area contributed by atoms with Crippen LogP contribution in [0.4, 0.5) is 4.79 Å². The molecule has 3 aliphatic rings. The van der Waals surface area contributed by atoms with Gasteiger partial charge in [0.05, 0.1) is 35.9 Å². The number of rotatable bonds is 7. The first kappa shape index (κ1) is 21.5. The van der Waals surface area contributed by atoms with E-state index < -0.39 is 0 Å². The SMILES string of the molecule is CCOC(=O)N1CC(NC(=O)c2c[nH]c3c(-c4c(OCC5CC5)ccc5c4OCO5)ncnc23)C1. The number of aromatic amines is 1. The van der Waals surface area contributed by atoms with Crippen molar-refractivity contribution in [2.75, 3.05) is 33.1 Å². The van der Waals surface area contributed by atoms with Gasteiger partial charge in [-0.1, -0.05) is 0 Å². The van der Waals surface area contributed by atoms with Gasteiger partial charge in [-0.15, -0.1) is 0 Å². The number of nitrogens with zero attached hydrogens (tertiary/aromatic N) is 3. The second-order valence-corrected chi connectivity index (χ2v) is 8.85. The molecular weight excluding hydrogens is 454 g/mol. The highest BCUT2D eigenvalue weighted by molar-refractivity contribution is 6.08. The number of fused-ring (bicyclic) bond motifs is 2. The van der Waals surface area contributed by atoms with E-state index in [2.05, 4.69) is 20.3 Å². The molecule has 2 amide bonds. The molecule has 1 aromatic carbocycles. The zero-order valence-electron chi connectivity index (χ0n) is 19.2. The molecule has 0 atom stereocenters. The van der Waals surface area contributed by atoms with E-state index in [-0.39, 0.29) is 24.8 Å². The van der Waals surface area contributed by atoms with Crippen molar-refractivity contribution in [3.05, 3.63) is 30.2 Å². The van der Waals surface area contributed by atoms with Crippen LogP contribution in [0.5, 0.6) is 17.2 Å². The third-order valence-corrected chi connectivity index (χ3v) is 6.36. The molecule has 11 nitrogen and oxygen atoms in total. The molecule has 2 N–H and O–H groups in total. The van der Waals surface area contributed by atoms with E-state index in [4.69, 9.17) is 18.9 Å². The minimum absolute atomic E-state index is 0.116. The minimum atomic E-state index is -0.372. The Morgan fingerprint density at radius 3 is 2.89 bits per heavy atom. The molecule has 0 bridgehead atoms. The average molecular weight is 479 g/mol. The predicted octanol–water partition coefficient (Wildman–Crippen LogP) is 2.71. The fourth-order valence-electron chi connectivity index (χ4n) is 4.29. The summed E-state index contributed by atoms with van der Waals surface area (Å²) in [6.45, 7) is 3.63. The lowest BCUT2D eigenvalue weighted by Gasteiger charge is -2.38. The number of hydrogen-bond acceptors (Lipinski definition) is 8. The zero-order valence-corrected chi connectivity index (χ0v) is 19.2. The lowest BCUT2D eigenvalue weighted by molar-refractivity contribution is 0.0622. The van der Waals surface area contributed by atoms with E-state index in [1.807, 2.05) is 12.1 Å². The molecule has 182 valence electrons. The third kappa shape index (κ3) is 3.96. The Morgan fingerprint density at radius 2 is 2.09 bits per heavy atom. The highest BCUT2D eigenvalue weighted by Gasteiger charge is 2.34. The third-order valence-electron chi connectivity index (χ3n) is 6.36. The van der Waals surface area contributed by atoms with Gasteiger partial charge in [0.2, 0.25) is 6.79 Å². The quantitative estimate of drug-likeness (QED) is 0.530. The number of ether oxygens (including phenoxy) is 4. The van der Waals surface area contributed by atoms with Crippen LogP contribution >= 0.6 is 0 Å². The van der Waals surface area contributed by atoms with Crippen LogP contribution in [0.2, 0.25) is 0 Å². The molecule has 2 fully saturated rings. The summed E-state index contributed by atoms with van der Waals surface area (Å²) in [5.41, 5.74) is 2.71. The summed E-state index contributed by atoms with van der Waals surface area (Å²) in [6.07, 6.45) is 5.01. The van der Waals surface area contributed by atoms with Gasteiger partial charge < -0.3 is 34.1 Å². The van der Waals surface area contributed by atoms with Gasteiger partial charge in [0.15, 0.2) is 11.5 Å². The Bertz CT molecular complexity index is 1300. The lowest BCUT2D eigenvalue weighted by Crippen LogP contribution is -2.61. The number of benzene rings is 1. The van der Waals surface area contributed by atoms with Crippen molar-refractivity contribution in [2.45, 2.75) is 25.8 Å². The largest absolute Gasteiger partial charge is 0.492 e. The fraction of sp³-hybridized carbons (Fsp3) is 0.417. The highest BCUT2D eigenvalue weighted by Crippen LogP contribution is 2.48. The van der Waals surface area contributed by atoms with Crippen molar-refractivity contribution < 1.29 is 28.5 Å². The van der Waals surface area contributed by atoms with E-state index in [1.165, 1.54) is 19.2 Å². The van der Waals surface area contributed by atoms with Crippen LogP contribution in [0, 0.1) is 5.92 Å². The van der Waals surface area contributed by atoms with Gasteiger partial charge in [-0.05, 0) is 37.8 Å². The van der Waals surface area contributed by atoms with Crippen molar-refractivity contribution in [1.82, 2.24) is 25.2 Å². The summed E-state index contributed by atoms with van der Waals surface area (Å²) in [5.74, 6) is 2.12. The Balaban J connectivity index is 1.28. The molecule has 35 heavy (non-hydrogen) atoms. The summed E-state index contributed by atoms with van der Waals surface area (Å²) in [4.78, 5) is 38.4. The Hall–Kier alpha value is -4.02. The van der Waals surface area contributed by atoms with Crippen LogP contribution < -0.4 is 19.5 Å². The first-order valence-electron chi connectivity index (χ1n) is 11.7. The standard InChI is InChI=1S/C24H25N5O6/c1-2-32-24(31)29-8-14(9-29)28-23(30)15-7-25-21-19(15)26-11-27-20(21)18-16(33-10-13-3-4-13)5-6-17-22(18)35-12-34-17/h5-7,11,13-14,25H,2-4,8-10,12H2,1H3,(H,28,30). The maximum Gasteiger partial charge on any atom is 0.409 e. The number of likely N-dealkylation sites (tertiary alicyclic amines) is 1. The van der Waals surface area contributed by atoms with Crippen molar-refractivity contribution in [3.63, 3.8) is 0 Å². The van der Waals surface area contributed by atoms with Gasteiger partial charge in [-0.25, -0.2) is 14.8 Å². The maximum atomic E-state index is 13.0. The molecule has 0 radical (unpaired) electrons. The Kier molecular flexibility index (Phi) is 5.31. The molecule has 1 saturated carbocycles. The topological polar surface area (TPSA) is 128 Å². The van der Waals surface area contributed by atoms with Gasteiger partial charge in [0, 0.05) is 19.3 Å². The smallest absolute Gasteiger partial charge is 0.409 e. The van der Waals surface area contributed by atoms with Crippen molar-refractivity contribution in [3.8, 4) is 28.5 Å². The minimum Gasteiger partial charge on any atom is -0.492 e. The molecule has 0 unspecified atom stereocenters. The normalized spacial score (nSPS) is 16.8. The van der Waals surface area contributed by atoms with Gasteiger partial charge in [-0.3, -0.25) is 4.79 Å². The number of H-pyrrole nitrogens is 1. The van der Waals surface area contributed by atoms with E-state index >= 15 is 0 Å². The van der Waals surface area contributed by atoms with Crippen molar-refractivity contribution >= 4 is 23.0 Å². The highest BCUT2D eigenvalue weighted by atomic mass is 16.7. The van der Waals surface area contributed by atoms with Gasteiger partial charge in [0.1, 0.15) is 23.3 Å². The second kappa shape index (κ2) is 8.64. The van der Waals surface area contributed by atoms with Crippen LogP contribution in [0.3, 0.4) is 0 Å². The van der Waals surface area contributed by atoms with Crippen LogP contribution in [0.1, 0.15) is 30.1 Å². The Labute approximate surface area is 200 Å². The van der Waals surface area contributed by atoms with Crippen LogP contribution in [0.25, 0.3) is 22.3 Å². The number of carbonyl (C=O) groups excluding carboxylic acids is 2. The molecule has 1 aliphatic carbocycles. The maximum absolute atomic E-state index is 13.0. The number of carbonyl (C=O) groups is 2. The monoisotopic (exact) mass is 479 g/mol. The number of hydrogen-bond donors (Lipinski definition) is 2. The molecule has 6 rings (SSSR count). The molecule has 0 spiro atoms. The first-order chi connectivity index (χ1) is 17.1. The van der Waals surface area contributed by atoms with Gasteiger partial charge in [-0.2, -0.15) is 0 Å². The number of aromatic nitrogens is 3. The summed E-state index contributed by atoms with van der Waals surface area (Å²) in [7, 11) is 0. The molecule has 3 aromatic rings. The summed E-state index contributed by atoms with van der Waals surface area (Å²) < 4.78 is 22.5. The summed E-state index contributed by atoms with van der Waals surface area (Å²) in [5, 5.41) is 2.95. The lowest BCUT2D eigenvalue weighted by atomic mass is 10.1. The zero-order chi connectivity index (χ0) is 23.9. The summed E-state index contributed by atoms with van der Waals surface area (Å²) in [6, 6.07) is 3.54. The van der Waals surface area contributed by atoms with E-state index in [9.17, 15) is 9.59 Å². The second-order valence-electron chi connectivity index (χ2n) is 8.85.